The maximum atomic E-state index is 8.98. The first-order valence-electron chi connectivity index (χ1n) is 2.74. The zero-order valence-corrected chi connectivity index (χ0v) is 5.95. The minimum atomic E-state index is -0.929. The van der Waals surface area contributed by atoms with Crippen LogP contribution in [-0.4, -0.2) is 14.6 Å². The van der Waals surface area contributed by atoms with Crippen LogP contribution in [0, 0.1) is 0 Å². The van der Waals surface area contributed by atoms with Gasteiger partial charge in [0, 0.05) is 18.2 Å². The summed E-state index contributed by atoms with van der Waals surface area (Å²) in [5, 5.41) is 8.98. The van der Waals surface area contributed by atoms with Gasteiger partial charge in [-0.2, -0.15) is 0 Å². The zero-order chi connectivity index (χ0) is 7.40. The van der Waals surface area contributed by atoms with Gasteiger partial charge in [-0.25, -0.2) is 0 Å². The first-order valence-corrected chi connectivity index (χ1v) is 3.57. The Morgan fingerprint density at radius 2 is 2.30 bits per heavy atom. The molecule has 1 aromatic heterocycles. The van der Waals surface area contributed by atoms with Crippen LogP contribution in [0.25, 0.3) is 0 Å². The van der Waals surface area contributed by atoms with E-state index in [9.17, 15) is 0 Å². The summed E-state index contributed by atoms with van der Waals surface area (Å²) in [6.07, 6.45) is 1.56. The maximum absolute atomic E-state index is 8.98. The van der Waals surface area contributed by atoms with Gasteiger partial charge in [-0.3, -0.25) is 4.98 Å². The molecule has 0 aliphatic carbocycles. The van der Waals surface area contributed by atoms with E-state index in [1.807, 2.05) is 0 Å². The average molecular weight is 157 g/mol. The fourth-order valence-corrected chi connectivity index (χ4v) is 0.823. The number of aliphatic hydroxyl groups excluding tert-OH is 1. The Balaban J connectivity index is 2.75. The fraction of sp³-hybridized carbons (Fsp3) is 0.167. The molecule has 0 saturated heterocycles. The summed E-state index contributed by atoms with van der Waals surface area (Å²) in [7, 11) is 0. The zero-order valence-electron chi connectivity index (χ0n) is 5.14. The van der Waals surface area contributed by atoms with Gasteiger partial charge in [-0.15, -0.1) is 0 Å². The van der Waals surface area contributed by atoms with Crippen LogP contribution in [0.5, 0.6) is 0 Å². The number of nitrogens with zero attached hydrogens (tertiary/aromatic N) is 1. The first kappa shape index (κ1) is 7.53. The summed E-state index contributed by atoms with van der Waals surface area (Å²) >= 11 is 0.371. The van der Waals surface area contributed by atoms with Crippen LogP contribution >= 0.6 is 12.0 Å². The lowest BCUT2D eigenvalue weighted by Crippen LogP contribution is -1.93. The Hall–Kier alpha value is -0.580. The number of aromatic nitrogens is 1. The lowest BCUT2D eigenvalue weighted by molar-refractivity contribution is 0.257. The molecule has 1 aromatic rings. The largest absolute Gasteiger partial charge is 0.374 e. The van der Waals surface area contributed by atoms with E-state index in [1.165, 1.54) is 0 Å². The molecular weight excluding hydrogens is 150 g/mol. The molecule has 1 unspecified atom stereocenters. The van der Waals surface area contributed by atoms with Crippen molar-refractivity contribution in [2.75, 3.05) is 0 Å². The monoisotopic (exact) mass is 157 g/mol. The Morgan fingerprint density at radius 1 is 1.50 bits per heavy atom. The van der Waals surface area contributed by atoms with Crippen LogP contribution in [0.2, 0.25) is 0 Å². The van der Waals surface area contributed by atoms with Gasteiger partial charge in [0.05, 0.1) is 5.69 Å². The van der Waals surface area contributed by atoms with E-state index in [4.69, 9.17) is 9.66 Å². The van der Waals surface area contributed by atoms with E-state index in [1.54, 1.807) is 24.4 Å². The number of pyridine rings is 1. The molecule has 0 radical (unpaired) electrons. The molecule has 3 nitrogen and oxygen atoms in total. The molecule has 1 atom stereocenters. The van der Waals surface area contributed by atoms with Crippen molar-refractivity contribution in [1.82, 2.24) is 4.98 Å². The van der Waals surface area contributed by atoms with Gasteiger partial charge in [0.15, 0.2) is 5.44 Å². The summed E-state index contributed by atoms with van der Waals surface area (Å²) in [5.41, 5.74) is -0.462. The van der Waals surface area contributed by atoms with Gasteiger partial charge in [0.25, 0.3) is 0 Å². The van der Waals surface area contributed by atoms with Crippen molar-refractivity contribution in [3.63, 3.8) is 0 Å². The van der Waals surface area contributed by atoms with Gasteiger partial charge < -0.3 is 9.66 Å². The molecule has 0 amide bonds. The van der Waals surface area contributed by atoms with E-state index < -0.39 is 5.44 Å². The molecule has 0 bridgehead atoms. The molecule has 0 fully saturated rings. The van der Waals surface area contributed by atoms with Crippen molar-refractivity contribution < 1.29 is 9.66 Å². The van der Waals surface area contributed by atoms with Crippen molar-refractivity contribution >= 4 is 12.0 Å². The summed E-state index contributed by atoms with van der Waals surface area (Å²) in [6.45, 7) is 0. The van der Waals surface area contributed by atoms with Crippen LogP contribution in [0.4, 0.5) is 0 Å². The van der Waals surface area contributed by atoms with E-state index >= 15 is 0 Å². The normalized spacial score (nSPS) is 13.0. The third-order valence-corrected chi connectivity index (χ3v) is 1.48. The van der Waals surface area contributed by atoms with E-state index in [0.717, 1.165) is 0 Å². The first-order chi connectivity index (χ1) is 4.84. The highest BCUT2D eigenvalue weighted by atomic mass is 32.2. The van der Waals surface area contributed by atoms with E-state index in [0.29, 0.717) is 17.7 Å². The lowest BCUT2D eigenvalue weighted by Gasteiger charge is -2.02. The molecule has 0 aliphatic rings. The summed E-state index contributed by atoms with van der Waals surface area (Å²) in [4.78, 5) is 3.82. The molecule has 0 saturated carbocycles. The van der Waals surface area contributed by atoms with Crippen LogP contribution in [0.15, 0.2) is 24.4 Å². The predicted molar refractivity (Wildman–Crippen MR) is 39.4 cm³/mol. The van der Waals surface area contributed by atoms with Crippen molar-refractivity contribution in [3.05, 3.63) is 30.1 Å². The fourth-order valence-electron chi connectivity index (χ4n) is 0.576. The van der Waals surface area contributed by atoms with Crippen molar-refractivity contribution in [1.29, 1.82) is 0 Å². The van der Waals surface area contributed by atoms with Gasteiger partial charge in [-0.1, -0.05) is 6.07 Å². The van der Waals surface area contributed by atoms with Gasteiger partial charge in [0.1, 0.15) is 0 Å². The minimum Gasteiger partial charge on any atom is -0.374 e. The van der Waals surface area contributed by atoms with Crippen molar-refractivity contribution in [2.24, 2.45) is 0 Å². The van der Waals surface area contributed by atoms with Crippen molar-refractivity contribution in [3.8, 4) is 0 Å². The van der Waals surface area contributed by atoms with Gasteiger partial charge in [-0.05, 0) is 12.1 Å². The molecule has 0 aromatic carbocycles. The maximum Gasteiger partial charge on any atom is 0.167 e. The second-order valence-corrected chi connectivity index (χ2v) is 2.37. The number of rotatable bonds is 2. The number of aliphatic hydroxyl groups is 1. The standard InChI is InChI=1S/C6H7NO2S/c8-6(10-9)5-3-1-2-4-7-5/h1-4,6,8-9H. The second kappa shape index (κ2) is 3.55. The average Bonchev–Trinajstić information content (AvgIpc) is 2.05. The van der Waals surface area contributed by atoms with E-state index in [2.05, 4.69) is 4.98 Å². The third kappa shape index (κ3) is 1.70. The van der Waals surface area contributed by atoms with Crippen LogP contribution in [0.1, 0.15) is 11.1 Å². The Bertz CT molecular complexity index is 192. The molecule has 2 N–H and O–H groups in total. The lowest BCUT2D eigenvalue weighted by atomic mass is 10.4. The molecule has 4 heteroatoms. The smallest absolute Gasteiger partial charge is 0.167 e. The molecule has 10 heavy (non-hydrogen) atoms. The van der Waals surface area contributed by atoms with Crippen LogP contribution in [0.3, 0.4) is 0 Å². The highest BCUT2D eigenvalue weighted by molar-refractivity contribution is 7.93. The summed E-state index contributed by atoms with van der Waals surface area (Å²) in [6, 6.07) is 5.15. The van der Waals surface area contributed by atoms with Gasteiger partial charge in [0.2, 0.25) is 0 Å². The highest BCUT2D eigenvalue weighted by Crippen LogP contribution is 2.19. The Morgan fingerprint density at radius 3 is 2.80 bits per heavy atom. The minimum absolute atomic E-state index is 0.371. The topological polar surface area (TPSA) is 53.4 Å². The Labute approximate surface area is 62.9 Å². The van der Waals surface area contributed by atoms with Crippen LogP contribution in [-0.2, 0) is 0 Å². The Kier molecular flexibility index (Phi) is 2.68. The second-order valence-electron chi connectivity index (χ2n) is 1.71. The highest BCUT2D eigenvalue weighted by Gasteiger charge is 2.05. The van der Waals surface area contributed by atoms with E-state index in [-0.39, 0.29) is 0 Å². The molecule has 0 spiro atoms. The van der Waals surface area contributed by atoms with Crippen LogP contribution < -0.4 is 0 Å². The SMILES string of the molecule is OSC(O)c1ccccn1. The summed E-state index contributed by atoms with van der Waals surface area (Å²) in [5.74, 6) is 0. The quantitative estimate of drug-likeness (QED) is 0.501. The molecule has 1 heterocycles. The molecule has 0 aliphatic heterocycles. The van der Waals surface area contributed by atoms with Gasteiger partial charge >= 0.3 is 0 Å². The van der Waals surface area contributed by atoms with Crippen molar-refractivity contribution in [2.45, 2.75) is 5.44 Å². The molecular formula is C6H7NO2S. The number of hydrogen-bond donors (Lipinski definition) is 2. The molecule has 1 rings (SSSR count). The summed E-state index contributed by atoms with van der Waals surface area (Å²) < 4.78 is 8.41. The molecule has 54 valence electrons. The number of hydrogen-bond acceptors (Lipinski definition) is 4. The third-order valence-electron chi connectivity index (χ3n) is 1.04. The predicted octanol–water partition coefficient (Wildman–Crippen LogP) is 1.28.